The minimum absolute atomic E-state index is 0.622. The van der Waals surface area contributed by atoms with E-state index in [1.807, 2.05) is 24.3 Å². The van der Waals surface area contributed by atoms with Gasteiger partial charge < -0.3 is 4.74 Å². The van der Waals surface area contributed by atoms with Crippen molar-refractivity contribution in [3.8, 4) is 18.1 Å². The number of rotatable bonds is 5. The van der Waals surface area contributed by atoms with E-state index in [1.54, 1.807) is 7.11 Å². The van der Waals surface area contributed by atoms with Crippen LogP contribution in [0, 0.1) is 12.3 Å². The van der Waals surface area contributed by atoms with E-state index in [9.17, 15) is 4.21 Å². The fourth-order valence-corrected chi connectivity index (χ4v) is 2.23. The van der Waals surface area contributed by atoms with Gasteiger partial charge in [-0.2, -0.15) is 0 Å². The zero-order valence-electron chi connectivity index (χ0n) is 8.73. The highest BCUT2D eigenvalue weighted by molar-refractivity contribution is 7.85. The molecule has 1 atom stereocenters. The Hall–Kier alpha value is -1.27. The van der Waals surface area contributed by atoms with Gasteiger partial charge in [-0.1, -0.05) is 0 Å². The van der Waals surface area contributed by atoms with Crippen LogP contribution in [0.4, 0.5) is 0 Å². The van der Waals surface area contributed by atoms with Crippen molar-refractivity contribution in [2.75, 3.05) is 12.9 Å². The average Bonchev–Trinajstić information content (AvgIpc) is 2.29. The third-order valence-corrected chi connectivity index (χ3v) is 3.43. The Kier molecular flexibility index (Phi) is 4.92. The predicted octanol–water partition coefficient (Wildman–Crippen LogP) is 2.22. The molecule has 0 aliphatic rings. The first kappa shape index (κ1) is 11.8. The summed E-state index contributed by atoms with van der Waals surface area (Å²) in [5.41, 5.74) is 0. The molecule has 0 radical (unpaired) electrons. The summed E-state index contributed by atoms with van der Waals surface area (Å²) < 4.78 is 16.7. The van der Waals surface area contributed by atoms with Crippen LogP contribution in [0.5, 0.6) is 5.75 Å². The summed E-state index contributed by atoms with van der Waals surface area (Å²) in [5.74, 6) is 3.94. The highest BCUT2D eigenvalue weighted by atomic mass is 32.2. The Balaban J connectivity index is 2.55. The zero-order chi connectivity index (χ0) is 11.1. The molecule has 0 aromatic heterocycles. The maximum atomic E-state index is 11.7. The molecule has 0 saturated carbocycles. The summed E-state index contributed by atoms with van der Waals surface area (Å²) in [6, 6.07) is 7.28. The Labute approximate surface area is 93.1 Å². The van der Waals surface area contributed by atoms with Crippen LogP contribution in [0.3, 0.4) is 0 Å². The number of hydrogen-bond donors (Lipinski definition) is 0. The van der Waals surface area contributed by atoms with E-state index < -0.39 is 10.8 Å². The molecule has 15 heavy (non-hydrogen) atoms. The Morgan fingerprint density at radius 3 is 2.60 bits per heavy atom. The molecule has 3 heteroatoms. The molecule has 0 heterocycles. The van der Waals surface area contributed by atoms with Crippen LogP contribution in [-0.4, -0.2) is 17.1 Å². The number of benzene rings is 1. The molecular weight excluding hydrogens is 208 g/mol. The third-order valence-electron chi connectivity index (χ3n) is 1.97. The predicted molar refractivity (Wildman–Crippen MR) is 62.3 cm³/mol. The maximum absolute atomic E-state index is 11.7. The van der Waals surface area contributed by atoms with E-state index in [2.05, 4.69) is 5.92 Å². The van der Waals surface area contributed by atoms with Gasteiger partial charge in [-0.05, 0) is 30.7 Å². The second kappa shape index (κ2) is 6.26. The quantitative estimate of drug-likeness (QED) is 0.564. The van der Waals surface area contributed by atoms with Gasteiger partial charge in [-0.3, -0.25) is 4.21 Å². The number of terminal acetylenes is 1. The van der Waals surface area contributed by atoms with Gasteiger partial charge in [-0.15, -0.1) is 12.3 Å². The molecule has 0 fully saturated rings. The van der Waals surface area contributed by atoms with Gasteiger partial charge in [0.05, 0.1) is 17.9 Å². The van der Waals surface area contributed by atoms with Crippen LogP contribution < -0.4 is 4.74 Å². The minimum Gasteiger partial charge on any atom is -0.497 e. The van der Waals surface area contributed by atoms with Crippen molar-refractivity contribution < 1.29 is 8.95 Å². The second-order valence-electron chi connectivity index (χ2n) is 3.03. The highest BCUT2D eigenvalue weighted by Crippen LogP contribution is 2.14. The van der Waals surface area contributed by atoms with Gasteiger partial charge in [0.15, 0.2) is 0 Å². The zero-order valence-corrected chi connectivity index (χ0v) is 9.55. The summed E-state index contributed by atoms with van der Waals surface area (Å²) in [6.07, 6.45) is 6.61. The molecular formula is C12H14O2S. The molecule has 80 valence electrons. The van der Waals surface area contributed by atoms with Crippen molar-refractivity contribution in [2.24, 2.45) is 0 Å². The molecule has 0 amide bonds. The summed E-state index contributed by atoms with van der Waals surface area (Å²) in [5, 5.41) is 0. The summed E-state index contributed by atoms with van der Waals surface area (Å²) in [7, 11) is 0.664. The van der Waals surface area contributed by atoms with E-state index in [1.165, 1.54) is 0 Å². The molecule has 0 unspecified atom stereocenters. The first-order valence-corrected chi connectivity index (χ1v) is 6.05. The van der Waals surface area contributed by atoms with Crippen molar-refractivity contribution in [1.29, 1.82) is 0 Å². The average molecular weight is 222 g/mol. The van der Waals surface area contributed by atoms with E-state index >= 15 is 0 Å². The number of unbranched alkanes of at least 4 members (excludes halogenated alkanes) is 1. The smallest absolute Gasteiger partial charge is 0.118 e. The number of ether oxygens (including phenoxy) is 1. The molecule has 0 aliphatic carbocycles. The molecule has 2 nitrogen and oxygen atoms in total. The first-order valence-electron chi connectivity index (χ1n) is 4.74. The lowest BCUT2D eigenvalue weighted by molar-refractivity contribution is 0.414. The van der Waals surface area contributed by atoms with E-state index in [-0.39, 0.29) is 0 Å². The van der Waals surface area contributed by atoms with Crippen molar-refractivity contribution in [2.45, 2.75) is 17.7 Å². The Morgan fingerprint density at radius 2 is 2.07 bits per heavy atom. The van der Waals surface area contributed by atoms with Crippen LogP contribution in [0.1, 0.15) is 12.8 Å². The molecule has 0 bridgehead atoms. The topological polar surface area (TPSA) is 26.3 Å². The van der Waals surface area contributed by atoms with Gasteiger partial charge in [0, 0.05) is 17.1 Å². The van der Waals surface area contributed by atoms with E-state index in [4.69, 9.17) is 11.2 Å². The molecule has 0 spiro atoms. The molecule has 1 aromatic rings. The van der Waals surface area contributed by atoms with Crippen molar-refractivity contribution in [1.82, 2.24) is 0 Å². The van der Waals surface area contributed by atoms with Crippen LogP contribution in [0.2, 0.25) is 0 Å². The number of hydrogen-bond acceptors (Lipinski definition) is 2. The van der Waals surface area contributed by atoms with Crippen molar-refractivity contribution in [3.63, 3.8) is 0 Å². The summed E-state index contributed by atoms with van der Waals surface area (Å²) in [6.45, 7) is 0. The van der Waals surface area contributed by atoms with Gasteiger partial charge in [0.25, 0.3) is 0 Å². The van der Waals surface area contributed by atoms with Gasteiger partial charge >= 0.3 is 0 Å². The molecule has 0 aliphatic heterocycles. The van der Waals surface area contributed by atoms with Crippen LogP contribution >= 0.6 is 0 Å². The van der Waals surface area contributed by atoms with Gasteiger partial charge in [0.1, 0.15) is 5.75 Å². The van der Waals surface area contributed by atoms with Gasteiger partial charge in [0.2, 0.25) is 0 Å². The molecule has 1 rings (SSSR count). The summed E-state index contributed by atoms with van der Waals surface area (Å²) in [4.78, 5) is 0.827. The first-order chi connectivity index (χ1) is 7.27. The lowest BCUT2D eigenvalue weighted by atomic mass is 10.3. The largest absolute Gasteiger partial charge is 0.497 e. The standard InChI is InChI=1S/C12H14O2S/c1-3-4-5-10-15(13)12-8-6-11(14-2)7-9-12/h1,6-9H,4-5,10H2,2H3/t15-/m1/s1. The maximum Gasteiger partial charge on any atom is 0.118 e. The molecule has 1 aromatic carbocycles. The van der Waals surface area contributed by atoms with E-state index in [0.717, 1.165) is 17.1 Å². The Morgan fingerprint density at radius 1 is 1.40 bits per heavy atom. The van der Waals surface area contributed by atoms with Crippen LogP contribution in [-0.2, 0) is 10.8 Å². The van der Waals surface area contributed by atoms with Crippen molar-refractivity contribution in [3.05, 3.63) is 24.3 Å². The fraction of sp³-hybridized carbons (Fsp3) is 0.333. The fourth-order valence-electron chi connectivity index (χ4n) is 1.15. The minimum atomic E-state index is -0.946. The Bertz CT molecular complexity index is 362. The lowest BCUT2D eigenvalue weighted by Crippen LogP contribution is -1.97. The third kappa shape index (κ3) is 3.77. The SMILES string of the molecule is C#CCCC[S@@](=O)c1ccc(OC)cc1. The van der Waals surface area contributed by atoms with Gasteiger partial charge in [-0.25, -0.2) is 0 Å². The highest BCUT2D eigenvalue weighted by Gasteiger charge is 2.02. The lowest BCUT2D eigenvalue weighted by Gasteiger charge is -2.02. The van der Waals surface area contributed by atoms with Crippen molar-refractivity contribution >= 4 is 10.8 Å². The summed E-state index contributed by atoms with van der Waals surface area (Å²) >= 11 is 0. The van der Waals surface area contributed by atoms with E-state index in [0.29, 0.717) is 12.2 Å². The number of methoxy groups -OCH3 is 1. The molecule has 0 saturated heterocycles. The van der Waals surface area contributed by atoms with Crippen LogP contribution in [0.25, 0.3) is 0 Å². The van der Waals surface area contributed by atoms with Crippen LogP contribution in [0.15, 0.2) is 29.2 Å². The molecule has 0 N–H and O–H groups in total. The monoisotopic (exact) mass is 222 g/mol. The second-order valence-corrected chi connectivity index (χ2v) is 4.60. The normalized spacial score (nSPS) is 11.7.